The second-order valence-electron chi connectivity index (χ2n) is 13.0. The Kier molecular flexibility index (Phi) is 8.06. The van der Waals surface area contributed by atoms with Crippen LogP contribution in [-0.4, -0.2) is 99.0 Å². The van der Waals surface area contributed by atoms with Gasteiger partial charge in [0.05, 0.1) is 50.1 Å². The van der Waals surface area contributed by atoms with E-state index in [-0.39, 0.29) is 43.0 Å². The van der Waals surface area contributed by atoms with Crippen molar-refractivity contribution in [1.82, 2.24) is 24.6 Å². The molecule has 4 fully saturated rings. The number of nitrogens with zero attached hydrogens (tertiary/aromatic N) is 5. The largest absolute Gasteiger partial charge is 0.444 e. The number of hydrogen-bond acceptors (Lipinski definition) is 11. The molecule has 1 saturated carbocycles. The van der Waals surface area contributed by atoms with Crippen LogP contribution in [0.25, 0.3) is 11.0 Å². The molecule has 12 nitrogen and oxygen atoms in total. The van der Waals surface area contributed by atoms with Crippen LogP contribution in [0.4, 0.5) is 4.79 Å². The molecule has 234 valence electrons. The summed E-state index contributed by atoms with van der Waals surface area (Å²) in [6, 6.07) is -0.409. The van der Waals surface area contributed by atoms with E-state index >= 15 is 0 Å². The first-order valence-corrected chi connectivity index (χ1v) is 16.5. The van der Waals surface area contributed by atoms with Crippen molar-refractivity contribution in [3.05, 3.63) is 12.0 Å². The Morgan fingerprint density at radius 1 is 1.14 bits per heavy atom. The molecule has 2 aromatic heterocycles. The molecular formula is C30H41N5O7S. The fourth-order valence-electron chi connectivity index (χ4n) is 7.23. The van der Waals surface area contributed by atoms with Gasteiger partial charge in [-0.05, 0) is 59.6 Å². The summed E-state index contributed by atoms with van der Waals surface area (Å²) in [5.41, 5.74) is -1.15. The van der Waals surface area contributed by atoms with Crippen LogP contribution in [0.2, 0.25) is 0 Å². The molecule has 3 saturated heterocycles. The lowest BCUT2D eigenvalue weighted by Crippen LogP contribution is -2.63. The van der Waals surface area contributed by atoms with Crippen LogP contribution in [0.15, 0.2) is 11.2 Å². The van der Waals surface area contributed by atoms with Crippen molar-refractivity contribution >= 4 is 40.5 Å². The molecule has 43 heavy (non-hydrogen) atoms. The topological polar surface area (TPSA) is 135 Å². The summed E-state index contributed by atoms with van der Waals surface area (Å²) in [7, 11) is 0. The molecule has 0 bridgehead atoms. The standard InChI is InChI=1S/C30H41N5O7S/c1-18(21-9-8-12-34(21)27(38)42-28(2,3)4)35-25-19(15-31-35)26(43-5)33-24(32-25)22(36)20-16-39-17-29(23(20)37)10-6-7-11-30(29)40-13-14-41-30/h15,18,20-21H,6-14,16-17H2,1-5H3/t18-,20?,21-,29?/m0/s1. The normalized spacial score (nSPS) is 28.2. The summed E-state index contributed by atoms with van der Waals surface area (Å²) in [6.07, 6.45) is 7.73. The molecule has 3 aliphatic heterocycles. The molecule has 1 amide bonds. The molecular weight excluding hydrogens is 574 g/mol. The molecule has 13 heteroatoms. The minimum absolute atomic E-state index is 0.0336. The molecule has 6 rings (SSSR count). The van der Waals surface area contributed by atoms with E-state index in [2.05, 4.69) is 10.1 Å². The number of thioether (sulfide) groups is 1. The Balaban J connectivity index is 1.32. The van der Waals surface area contributed by atoms with Crippen LogP contribution in [0.3, 0.4) is 0 Å². The molecule has 4 atom stereocenters. The van der Waals surface area contributed by atoms with E-state index in [1.807, 2.05) is 34.0 Å². The molecule has 0 N–H and O–H groups in total. The van der Waals surface area contributed by atoms with Crippen molar-refractivity contribution in [2.75, 3.05) is 39.2 Å². The molecule has 1 aliphatic carbocycles. The van der Waals surface area contributed by atoms with Gasteiger partial charge < -0.3 is 23.8 Å². The minimum atomic E-state index is -1.06. The number of Topliss-reactive ketones (excluding diaryl/α,β-unsaturated/α-hetero) is 2. The lowest BCUT2D eigenvalue weighted by atomic mass is 9.62. The zero-order valence-corrected chi connectivity index (χ0v) is 26.4. The number of aromatic nitrogens is 4. The maximum absolute atomic E-state index is 14.2. The lowest BCUT2D eigenvalue weighted by molar-refractivity contribution is -0.268. The monoisotopic (exact) mass is 615 g/mol. The Morgan fingerprint density at radius 3 is 2.60 bits per heavy atom. The maximum Gasteiger partial charge on any atom is 0.410 e. The predicted octanol–water partition coefficient (Wildman–Crippen LogP) is 4.21. The number of rotatable bonds is 5. The summed E-state index contributed by atoms with van der Waals surface area (Å²) >= 11 is 1.39. The number of hydrogen-bond donors (Lipinski definition) is 0. The van der Waals surface area contributed by atoms with Crippen molar-refractivity contribution in [3.63, 3.8) is 0 Å². The molecule has 2 unspecified atom stereocenters. The Bertz CT molecular complexity index is 1410. The molecule has 5 heterocycles. The first-order valence-electron chi connectivity index (χ1n) is 15.2. The van der Waals surface area contributed by atoms with Crippen LogP contribution < -0.4 is 0 Å². The van der Waals surface area contributed by atoms with Gasteiger partial charge in [0.2, 0.25) is 5.78 Å². The van der Waals surface area contributed by atoms with Gasteiger partial charge in [0.15, 0.2) is 23.0 Å². The molecule has 4 aliphatic rings. The van der Waals surface area contributed by atoms with Crippen LogP contribution in [0.1, 0.15) is 82.9 Å². The number of ether oxygens (including phenoxy) is 4. The highest BCUT2D eigenvalue weighted by Crippen LogP contribution is 2.53. The van der Waals surface area contributed by atoms with Gasteiger partial charge in [-0.15, -0.1) is 11.8 Å². The van der Waals surface area contributed by atoms with Gasteiger partial charge in [0.1, 0.15) is 22.0 Å². The number of carbonyl (C=O) groups is 3. The summed E-state index contributed by atoms with van der Waals surface area (Å²) in [5, 5.41) is 5.95. The van der Waals surface area contributed by atoms with Gasteiger partial charge in [0, 0.05) is 13.0 Å². The van der Waals surface area contributed by atoms with Crippen molar-refractivity contribution in [3.8, 4) is 0 Å². The van der Waals surface area contributed by atoms with E-state index in [0.29, 0.717) is 48.7 Å². The zero-order valence-electron chi connectivity index (χ0n) is 25.6. The number of carbonyl (C=O) groups excluding carboxylic acids is 3. The van der Waals surface area contributed by atoms with Gasteiger partial charge >= 0.3 is 6.09 Å². The Hall–Kier alpha value is -2.61. The van der Waals surface area contributed by atoms with E-state index < -0.39 is 28.5 Å². The van der Waals surface area contributed by atoms with Gasteiger partial charge in [-0.3, -0.25) is 9.59 Å². The molecule has 2 aromatic rings. The third kappa shape index (κ3) is 5.15. The third-order valence-electron chi connectivity index (χ3n) is 9.28. The van der Waals surface area contributed by atoms with Crippen LogP contribution in [0, 0.1) is 11.3 Å². The van der Waals surface area contributed by atoms with E-state index in [1.165, 1.54) is 11.8 Å². The smallest absolute Gasteiger partial charge is 0.410 e. The number of ketones is 2. The maximum atomic E-state index is 14.2. The second kappa shape index (κ2) is 11.4. The van der Waals surface area contributed by atoms with Gasteiger partial charge in [0.25, 0.3) is 0 Å². The van der Waals surface area contributed by atoms with Crippen molar-refractivity contribution in [2.45, 2.75) is 94.7 Å². The van der Waals surface area contributed by atoms with Gasteiger partial charge in [-0.1, -0.05) is 6.42 Å². The SMILES string of the molecule is CSc1nc(C(=O)C2COCC3(CCCCC34OCCO4)C2=O)nc2c1cnn2[C@@H](C)[C@@H]1CCCN1C(=O)OC(C)(C)C. The molecule has 2 spiro atoms. The lowest BCUT2D eigenvalue weighted by Gasteiger charge is -2.51. The number of likely N-dealkylation sites (tertiary alicyclic amines) is 1. The van der Waals surface area contributed by atoms with E-state index in [9.17, 15) is 14.4 Å². The van der Waals surface area contributed by atoms with Crippen molar-refractivity contribution in [2.24, 2.45) is 11.3 Å². The first kappa shape index (κ1) is 30.4. The first-order chi connectivity index (χ1) is 20.5. The summed E-state index contributed by atoms with van der Waals surface area (Å²) in [5.74, 6) is -2.84. The average Bonchev–Trinajstić information content (AvgIpc) is 3.74. The Labute approximate surface area is 255 Å². The fourth-order valence-corrected chi connectivity index (χ4v) is 7.77. The fraction of sp³-hybridized carbons (Fsp3) is 0.733. The van der Waals surface area contributed by atoms with Gasteiger partial charge in [-0.2, -0.15) is 5.10 Å². The van der Waals surface area contributed by atoms with Crippen LogP contribution in [-0.2, 0) is 23.7 Å². The minimum Gasteiger partial charge on any atom is -0.444 e. The average molecular weight is 616 g/mol. The highest BCUT2D eigenvalue weighted by atomic mass is 32.2. The van der Waals surface area contributed by atoms with Crippen LogP contribution >= 0.6 is 11.8 Å². The van der Waals surface area contributed by atoms with E-state index in [0.717, 1.165) is 25.7 Å². The highest BCUT2D eigenvalue weighted by molar-refractivity contribution is 7.98. The summed E-state index contributed by atoms with van der Waals surface area (Å²) < 4.78 is 25.6. The number of amides is 1. The zero-order chi connectivity index (χ0) is 30.6. The van der Waals surface area contributed by atoms with Crippen molar-refractivity contribution in [1.29, 1.82) is 0 Å². The van der Waals surface area contributed by atoms with Crippen LogP contribution in [0.5, 0.6) is 0 Å². The second-order valence-corrected chi connectivity index (χ2v) is 13.8. The quantitative estimate of drug-likeness (QED) is 0.207. The van der Waals surface area contributed by atoms with Crippen molar-refractivity contribution < 1.29 is 33.3 Å². The molecule has 0 aromatic carbocycles. The van der Waals surface area contributed by atoms with E-state index in [1.54, 1.807) is 15.8 Å². The number of fused-ring (bicyclic) bond motifs is 2. The Morgan fingerprint density at radius 2 is 1.88 bits per heavy atom. The van der Waals surface area contributed by atoms with E-state index in [4.69, 9.17) is 23.9 Å². The summed E-state index contributed by atoms with van der Waals surface area (Å²) in [4.78, 5) is 52.4. The predicted molar refractivity (Wildman–Crippen MR) is 157 cm³/mol. The third-order valence-corrected chi connectivity index (χ3v) is 9.98. The highest BCUT2D eigenvalue weighted by Gasteiger charge is 2.64. The molecule has 0 radical (unpaired) electrons. The van der Waals surface area contributed by atoms with Gasteiger partial charge in [-0.25, -0.2) is 19.4 Å². The summed E-state index contributed by atoms with van der Waals surface area (Å²) in [6.45, 7) is 9.12.